The molecule has 0 unspecified atom stereocenters. The predicted molar refractivity (Wildman–Crippen MR) is 75.5 cm³/mol. The molecule has 0 bridgehead atoms. The van der Waals surface area contributed by atoms with Crippen molar-refractivity contribution in [1.29, 1.82) is 0 Å². The van der Waals surface area contributed by atoms with Gasteiger partial charge < -0.3 is 15.0 Å². The fourth-order valence-electron chi connectivity index (χ4n) is 1.36. The molecule has 0 aliphatic heterocycles. The molecule has 1 aromatic carbocycles. The van der Waals surface area contributed by atoms with Crippen LogP contribution in [-0.2, 0) is 9.53 Å². The Morgan fingerprint density at radius 3 is 2.50 bits per heavy atom. The molecule has 1 aromatic rings. The molecule has 0 radical (unpaired) electrons. The van der Waals surface area contributed by atoms with Crippen LogP contribution in [0, 0.1) is 0 Å². The second-order valence-electron chi connectivity index (χ2n) is 4.72. The van der Waals surface area contributed by atoms with E-state index in [9.17, 15) is 4.79 Å². The molecule has 1 amide bonds. The summed E-state index contributed by atoms with van der Waals surface area (Å²) in [7, 11) is 5.31. The lowest BCUT2D eigenvalue weighted by Gasteiger charge is -2.24. The van der Waals surface area contributed by atoms with Crippen LogP contribution in [0.15, 0.2) is 18.2 Å². The second kappa shape index (κ2) is 5.59. The van der Waals surface area contributed by atoms with Crippen molar-refractivity contribution in [3.63, 3.8) is 0 Å². The zero-order chi connectivity index (χ0) is 13.9. The minimum Gasteiger partial charge on any atom is -0.376 e. The molecule has 5 heteroatoms. The Morgan fingerprint density at radius 2 is 2.00 bits per heavy atom. The van der Waals surface area contributed by atoms with E-state index in [2.05, 4.69) is 5.32 Å². The van der Waals surface area contributed by atoms with E-state index in [1.165, 1.54) is 7.11 Å². The molecule has 100 valence electrons. The van der Waals surface area contributed by atoms with Crippen molar-refractivity contribution < 1.29 is 9.53 Å². The smallest absolute Gasteiger partial charge is 0.256 e. The normalized spacial score (nSPS) is 11.2. The molecule has 0 spiro atoms. The first-order valence-corrected chi connectivity index (χ1v) is 5.99. The number of methoxy groups -OCH3 is 1. The molecule has 18 heavy (non-hydrogen) atoms. The number of rotatable bonds is 4. The van der Waals surface area contributed by atoms with Crippen LogP contribution < -0.4 is 10.2 Å². The van der Waals surface area contributed by atoms with Gasteiger partial charge in [-0.25, -0.2) is 0 Å². The van der Waals surface area contributed by atoms with Crippen LogP contribution in [0.4, 0.5) is 11.4 Å². The van der Waals surface area contributed by atoms with Gasteiger partial charge in [0.05, 0.1) is 11.4 Å². The van der Waals surface area contributed by atoms with Crippen molar-refractivity contribution in [1.82, 2.24) is 0 Å². The summed E-state index contributed by atoms with van der Waals surface area (Å²) in [5, 5.41) is 3.41. The number of halogens is 1. The SMILES string of the molecule is COC(C)(C)C(=O)Nc1cc(Cl)ccc1N(C)C. The van der Waals surface area contributed by atoms with Crippen LogP contribution in [-0.4, -0.2) is 32.7 Å². The van der Waals surface area contributed by atoms with E-state index in [4.69, 9.17) is 16.3 Å². The number of nitrogens with one attached hydrogen (secondary N) is 1. The van der Waals surface area contributed by atoms with Gasteiger partial charge in [0.15, 0.2) is 0 Å². The van der Waals surface area contributed by atoms with E-state index in [-0.39, 0.29) is 5.91 Å². The number of hydrogen-bond donors (Lipinski definition) is 1. The summed E-state index contributed by atoms with van der Waals surface area (Å²) in [6.07, 6.45) is 0. The number of nitrogens with zero attached hydrogens (tertiary/aromatic N) is 1. The van der Waals surface area contributed by atoms with Gasteiger partial charge in [-0.2, -0.15) is 0 Å². The Labute approximate surface area is 113 Å². The van der Waals surface area contributed by atoms with Gasteiger partial charge >= 0.3 is 0 Å². The first-order valence-electron chi connectivity index (χ1n) is 5.61. The lowest BCUT2D eigenvalue weighted by molar-refractivity contribution is -0.133. The molecule has 0 aromatic heterocycles. The number of amides is 1. The number of carbonyl (C=O) groups excluding carboxylic acids is 1. The van der Waals surface area contributed by atoms with Gasteiger partial charge in [0.1, 0.15) is 5.60 Å². The summed E-state index contributed by atoms with van der Waals surface area (Å²) >= 11 is 5.95. The van der Waals surface area contributed by atoms with Crippen molar-refractivity contribution in [3.8, 4) is 0 Å². The molecule has 0 aliphatic carbocycles. The molecular weight excluding hydrogens is 252 g/mol. The maximum absolute atomic E-state index is 12.1. The van der Waals surface area contributed by atoms with E-state index in [0.29, 0.717) is 10.7 Å². The van der Waals surface area contributed by atoms with Gasteiger partial charge in [0, 0.05) is 26.2 Å². The Morgan fingerprint density at radius 1 is 1.39 bits per heavy atom. The molecule has 0 saturated carbocycles. The molecular formula is C13H19ClN2O2. The second-order valence-corrected chi connectivity index (χ2v) is 5.16. The van der Waals surface area contributed by atoms with Crippen molar-refractivity contribution in [2.45, 2.75) is 19.4 Å². The van der Waals surface area contributed by atoms with Crippen molar-refractivity contribution in [2.24, 2.45) is 0 Å². The highest BCUT2D eigenvalue weighted by atomic mass is 35.5. The lowest BCUT2D eigenvalue weighted by atomic mass is 10.1. The highest BCUT2D eigenvalue weighted by molar-refractivity contribution is 6.31. The molecule has 1 rings (SSSR count). The van der Waals surface area contributed by atoms with Crippen LogP contribution in [0.5, 0.6) is 0 Å². The average molecular weight is 271 g/mol. The highest BCUT2D eigenvalue weighted by Crippen LogP contribution is 2.28. The monoisotopic (exact) mass is 270 g/mol. The Hall–Kier alpha value is -1.26. The summed E-state index contributed by atoms with van der Waals surface area (Å²) in [4.78, 5) is 14.0. The third-order valence-electron chi connectivity index (χ3n) is 2.75. The fraction of sp³-hybridized carbons (Fsp3) is 0.462. The zero-order valence-corrected chi connectivity index (χ0v) is 12.1. The van der Waals surface area contributed by atoms with Gasteiger partial charge in [-0.15, -0.1) is 0 Å². The van der Waals surface area contributed by atoms with Crippen LogP contribution in [0.25, 0.3) is 0 Å². The number of carbonyl (C=O) groups is 1. The number of hydrogen-bond acceptors (Lipinski definition) is 3. The summed E-state index contributed by atoms with van der Waals surface area (Å²) in [5.74, 6) is -0.213. The molecule has 0 heterocycles. The first-order chi connectivity index (χ1) is 8.27. The highest BCUT2D eigenvalue weighted by Gasteiger charge is 2.27. The van der Waals surface area contributed by atoms with Gasteiger partial charge in [0.2, 0.25) is 0 Å². The van der Waals surface area contributed by atoms with Crippen LogP contribution >= 0.6 is 11.6 Å². The maximum Gasteiger partial charge on any atom is 0.256 e. The summed E-state index contributed by atoms with van der Waals surface area (Å²) in [5.41, 5.74) is 0.675. The van der Waals surface area contributed by atoms with Gasteiger partial charge in [-0.3, -0.25) is 4.79 Å². The summed E-state index contributed by atoms with van der Waals surface area (Å²) < 4.78 is 5.14. The van der Waals surface area contributed by atoms with Gasteiger partial charge in [-0.05, 0) is 32.0 Å². The fourth-order valence-corrected chi connectivity index (χ4v) is 1.54. The third-order valence-corrected chi connectivity index (χ3v) is 2.98. The van der Waals surface area contributed by atoms with Crippen molar-refractivity contribution in [3.05, 3.63) is 23.2 Å². The molecule has 0 atom stereocenters. The van der Waals surface area contributed by atoms with Gasteiger partial charge in [0.25, 0.3) is 5.91 Å². The predicted octanol–water partition coefficient (Wildman–Crippen LogP) is 2.77. The zero-order valence-electron chi connectivity index (χ0n) is 11.4. The minimum atomic E-state index is -0.883. The molecule has 0 fully saturated rings. The summed E-state index contributed by atoms with van der Waals surface area (Å²) in [6, 6.07) is 5.37. The van der Waals surface area contributed by atoms with E-state index in [1.54, 1.807) is 26.0 Å². The minimum absolute atomic E-state index is 0.213. The molecule has 1 N–H and O–H groups in total. The Balaban J connectivity index is 3.03. The van der Waals surface area contributed by atoms with E-state index < -0.39 is 5.60 Å². The number of ether oxygens (including phenoxy) is 1. The summed E-state index contributed by atoms with van der Waals surface area (Å²) in [6.45, 7) is 3.42. The molecule has 0 aliphatic rings. The van der Waals surface area contributed by atoms with E-state index in [0.717, 1.165) is 5.69 Å². The number of benzene rings is 1. The largest absolute Gasteiger partial charge is 0.376 e. The average Bonchev–Trinajstić information content (AvgIpc) is 2.28. The molecule has 0 saturated heterocycles. The topological polar surface area (TPSA) is 41.6 Å². The third kappa shape index (κ3) is 3.37. The number of anilines is 2. The van der Waals surface area contributed by atoms with Crippen LogP contribution in [0.3, 0.4) is 0 Å². The maximum atomic E-state index is 12.1. The van der Waals surface area contributed by atoms with Crippen molar-refractivity contribution >= 4 is 28.9 Å². The standard InChI is InChI=1S/C13H19ClN2O2/c1-13(2,18-5)12(17)15-10-8-9(14)6-7-11(10)16(3)4/h6-8H,1-5H3,(H,15,17). The quantitative estimate of drug-likeness (QED) is 0.915. The van der Waals surface area contributed by atoms with Crippen LogP contribution in [0.1, 0.15) is 13.8 Å². The Bertz CT molecular complexity index is 445. The Kier molecular flexibility index (Phi) is 4.59. The first kappa shape index (κ1) is 14.8. The van der Waals surface area contributed by atoms with E-state index in [1.807, 2.05) is 25.1 Å². The van der Waals surface area contributed by atoms with E-state index >= 15 is 0 Å². The van der Waals surface area contributed by atoms with Gasteiger partial charge in [-0.1, -0.05) is 11.6 Å². The van der Waals surface area contributed by atoms with Crippen LogP contribution in [0.2, 0.25) is 5.02 Å². The lowest BCUT2D eigenvalue weighted by Crippen LogP contribution is -2.39. The van der Waals surface area contributed by atoms with Crippen molar-refractivity contribution in [2.75, 3.05) is 31.4 Å². The molecule has 4 nitrogen and oxygen atoms in total.